The molecule has 0 atom stereocenters. The van der Waals surface area contributed by atoms with Gasteiger partial charge in [-0.05, 0) is 37.9 Å². The molecule has 0 unspecified atom stereocenters. The van der Waals surface area contributed by atoms with Crippen molar-refractivity contribution in [2.75, 3.05) is 19.7 Å². The Morgan fingerprint density at radius 2 is 2.11 bits per heavy atom. The van der Waals surface area contributed by atoms with Crippen molar-refractivity contribution in [3.63, 3.8) is 0 Å². The SMILES string of the molecule is CCCCN(CCOc1ccccc1C#N)C1CC1. The van der Waals surface area contributed by atoms with Crippen molar-refractivity contribution in [3.05, 3.63) is 29.8 Å². The monoisotopic (exact) mass is 258 g/mol. The molecule has 1 aromatic carbocycles. The maximum atomic E-state index is 9.00. The van der Waals surface area contributed by atoms with Gasteiger partial charge in [-0.1, -0.05) is 25.5 Å². The van der Waals surface area contributed by atoms with E-state index in [1.807, 2.05) is 18.2 Å². The number of hydrogen-bond donors (Lipinski definition) is 0. The molecular formula is C16H22N2O. The van der Waals surface area contributed by atoms with Crippen molar-refractivity contribution in [3.8, 4) is 11.8 Å². The molecule has 0 spiro atoms. The van der Waals surface area contributed by atoms with Gasteiger partial charge in [0.25, 0.3) is 0 Å². The van der Waals surface area contributed by atoms with Gasteiger partial charge >= 0.3 is 0 Å². The Morgan fingerprint density at radius 1 is 1.32 bits per heavy atom. The lowest BCUT2D eigenvalue weighted by Gasteiger charge is -2.21. The maximum Gasteiger partial charge on any atom is 0.137 e. The van der Waals surface area contributed by atoms with Crippen LogP contribution in [0.3, 0.4) is 0 Å². The highest BCUT2D eigenvalue weighted by molar-refractivity contribution is 5.42. The van der Waals surface area contributed by atoms with Crippen LogP contribution in [0.25, 0.3) is 0 Å². The lowest BCUT2D eigenvalue weighted by molar-refractivity contribution is 0.199. The Kier molecular flexibility index (Phi) is 5.23. The highest BCUT2D eigenvalue weighted by Crippen LogP contribution is 2.27. The minimum atomic E-state index is 0.619. The van der Waals surface area contributed by atoms with E-state index in [1.165, 1.54) is 32.2 Å². The van der Waals surface area contributed by atoms with Crippen molar-refractivity contribution in [1.29, 1.82) is 5.26 Å². The first-order chi connectivity index (χ1) is 9.35. The van der Waals surface area contributed by atoms with Crippen molar-refractivity contribution in [1.82, 2.24) is 4.90 Å². The number of ether oxygens (including phenoxy) is 1. The summed E-state index contributed by atoms with van der Waals surface area (Å²) in [5.74, 6) is 0.705. The first-order valence-electron chi connectivity index (χ1n) is 7.21. The van der Waals surface area contributed by atoms with Crippen LogP contribution in [0.2, 0.25) is 0 Å². The van der Waals surface area contributed by atoms with Gasteiger partial charge in [-0.2, -0.15) is 5.26 Å². The molecule has 1 aliphatic carbocycles. The highest BCUT2D eigenvalue weighted by atomic mass is 16.5. The molecule has 1 aromatic rings. The number of unbranched alkanes of at least 4 members (excludes halogenated alkanes) is 1. The van der Waals surface area contributed by atoms with Crippen LogP contribution in [-0.4, -0.2) is 30.6 Å². The Balaban J connectivity index is 1.79. The minimum absolute atomic E-state index is 0.619. The molecule has 1 fully saturated rings. The zero-order valence-electron chi connectivity index (χ0n) is 11.6. The fraction of sp³-hybridized carbons (Fsp3) is 0.562. The molecule has 0 bridgehead atoms. The van der Waals surface area contributed by atoms with E-state index in [1.54, 1.807) is 6.07 Å². The zero-order chi connectivity index (χ0) is 13.5. The van der Waals surface area contributed by atoms with Gasteiger partial charge < -0.3 is 4.74 Å². The normalized spacial score (nSPS) is 14.4. The largest absolute Gasteiger partial charge is 0.491 e. The fourth-order valence-electron chi connectivity index (χ4n) is 2.24. The summed E-state index contributed by atoms with van der Waals surface area (Å²) in [6.07, 6.45) is 5.16. The van der Waals surface area contributed by atoms with Crippen LogP contribution >= 0.6 is 0 Å². The van der Waals surface area contributed by atoms with Gasteiger partial charge in [0.05, 0.1) is 5.56 Å². The van der Waals surface area contributed by atoms with E-state index in [0.29, 0.717) is 17.9 Å². The molecule has 0 N–H and O–H groups in total. The van der Waals surface area contributed by atoms with Crippen molar-refractivity contribution >= 4 is 0 Å². The second-order valence-corrected chi connectivity index (χ2v) is 5.08. The third kappa shape index (κ3) is 4.25. The van der Waals surface area contributed by atoms with Gasteiger partial charge in [0.2, 0.25) is 0 Å². The van der Waals surface area contributed by atoms with E-state index >= 15 is 0 Å². The number of para-hydroxylation sites is 1. The van der Waals surface area contributed by atoms with Crippen LogP contribution in [0.15, 0.2) is 24.3 Å². The molecule has 0 saturated heterocycles. The highest BCUT2D eigenvalue weighted by Gasteiger charge is 2.28. The first-order valence-corrected chi connectivity index (χ1v) is 7.21. The van der Waals surface area contributed by atoms with Gasteiger partial charge in [0, 0.05) is 12.6 Å². The molecule has 0 aromatic heterocycles. The molecule has 1 aliphatic rings. The summed E-state index contributed by atoms with van der Waals surface area (Å²) in [5.41, 5.74) is 0.619. The number of benzene rings is 1. The molecule has 1 saturated carbocycles. The Bertz CT molecular complexity index is 435. The number of nitrogens with zero attached hydrogens (tertiary/aromatic N) is 2. The lowest BCUT2D eigenvalue weighted by atomic mass is 10.2. The quantitative estimate of drug-likeness (QED) is 0.718. The molecule has 0 amide bonds. The van der Waals surface area contributed by atoms with Crippen LogP contribution in [-0.2, 0) is 0 Å². The predicted molar refractivity (Wildman–Crippen MR) is 76.2 cm³/mol. The van der Waals surface area contributed by atoms with Crippen LogP contribution < -0.4 is 4.74 Å². The summed E-state index contributed by atoms with van der Waals surface area (Å²) in [4.78, 5) is 2.53. The third-order valence-corrected chi connectivity index (χ3v) is 3.51. The third-order valence-electron chi connectivity index (χ3n) is 3.51. The molecule has 3 heteroatoms. The van der Waals surface area contributed by atoms with Gasteiger partial charge in [-0.3, -0.25) is 4.90 Å². The maximum absolute atomic E-state index is 9.00. The summed E-state index contributed by atoms with van der Waals surface area (Å²) < 4.78 is 5.75. The molecule has 2 rings (SSSR count). The van der Waals surface area contributed by atoms with Crippen molar-refractivity contribution in [2.45, 2.75) is 38.6 Å². The average molecular weight is 258 g/mol. The van der Waals surface area contributed by atoms with E-state index in [4.69, 9.17) is 10.00 Å². The van der Waals surface area contributed by atoms with Gasteiger partial charge in [-0.15, -0.1) is 0 Å². The summed E-state index contributed by atoms with van der Waals surface area (Å²) >= 11 is 0. The fourth-order valence-corrected chi connectivity index (χ4v) is 2.24. The van der Waals surface area contributed by atoms with Crippen LogP contribution in [0.4, 0.5) is 0 Å². The van der Waals surface area contributed by atoms with Gasteiger partial charge in [-0.25, -0.2) is 0 Å². The van der Waals surface area contributed by atoms with Gasteiger partial charge in [0.15, 0.2) is 0 Å². The molecule has 102 valence electrons. The summed E-state index contributed by atoms with van der Waals surface area (Å²) in [7, 11) is 0. The van der Waals surface area contributed by atoms with Crippen LogP contribution in [0.1, 0.15) is 38.2 Å². The summed E-state index contributed by atoms with van der Waals surface area (Å²) in [5, 5.41) is 9.00. The Morgan fingerprint density at radius 3 is 2.79 bits per heavy atom. The standard InChI is InChI=1S/C16H22N2O/c1-2-3-10-18(15-8-9-15)11-12-19-16-7-5-4-6-14(16)13-17/h4-7,15H,2-3,8-12H2,1H3. The van der Waals surface area contributed by atoms with Crippen molar-refractivity contribution in [2.24, 2.45) is 0 Å². The van der Waals surface area contributed by atoms with E-state index in [9.17, 15) is 0 Å². The van der Waals surface area contributed by atoms with Crippen molar-refractivity contribution < 1.29 is 4.74 Å². The number of nitriles is 1. The second-order valence-electron chi connectivity index (χ2n) is 5.08. The average Bonchev–Trinajstić information content (AvgIpc) is 3.27. The van der Waals surface area contributed by atoms with E-state index in [0.717, 1.165) is 12.6 Å². The zero-order valence-corrected chi connectivity index (χ0v) is 11.6. The van der Waals surface area contributed by atoms with E-state index in [2.05, 4.69) is 17.9 Å². The Hall–Kier alpha value is -1.53. The predicted octanol–water partition coefficient (Wildman–Crippen LogP) is 3.20. The molecule has 0 radical (unpaired) electrons. The molecule has 3 nitrogen and oxygen atoms in total. The second kappa shape index (κ2) is 7.16. The molecular weight excluding hydrogens is 236 g/mol. The Labute approximate surface area is 115 Å². The number of hydrogen-bond acceptors (Lipinski definition) is 3. The minimum Gasteiger partial charge on any atom is -0.491 e. The molecule has 19 heavy (non-hydrogen) atoms. The molecule has 0 aliphatic heterocycles. The first kappa shape index (κ1) is 13.9. The summed E-state index contributed by atoms with van der Waals surface area (Å²) in [6, 6.07) is 10.4. The van der Waals surface area contributed by atoms with E-state index < -0.39 is 0 Å². The van der Waals surface area contributed by atoms with Crippen LogP contribution in [0, 0.1) is 11.3 Å². The summed E-state index contributed by atoms with van der Waals surface area (Å²) in [6.45, 7) is 5.03. The smallest absolute Gasteiger partial charge is 0.137 e. The van der Waals surface area contributed by atoms with E-state index in [-0.39, 0.29) is 0 Å². The topological polar surface area (TPSA) is 36.3 Å². The number of rotatable bonds is 8. The van der Waals surface area contributed by atoms with Gasteiger partial charge in [0.1, 0.15) is 18.4 Å². The lowest BCUT2D eigenvalue weighted by Crippen LogP contribution is -2.31. The molecule has 0 heterocycles. The van der Waals surface area contributed by atoms with Crippen LogP contribution in [0.5, 0.6) is 5.75 Å².